The van der Waals surface area contributed by atoms with Crippen molar-refractivity contribution in [1.29, 1.82) is 0 Å². The van der Waals surface area contributed by atoms with E-state index in [1.165, 1.54) is 70.8 Å². The third kappa shape index (κ3) is 12.4. The number of rotatable bonds is 11. The second kappa shape index (κ2) is 16.5. The number of hydrogen-bond acceptors (Lipinski definition) is 0. The Labute approximate surface area is 131 Å². The highest BCUT2D eigenvalue weighted by Crippen LogP contribution is 2.10. The fraction of sp³-hybridized carbons (Fsp3) is 0.706. The summed E-state index contributed by atoms with van der Waals surface area (Å²) in [5.41, 5.74) is 0. The maximum atomic E-state index is 2.28. The summed E-state index contributed by atoms with van der Waals surface area (Å²) >= 11 is 0. The molecule has 0 aromatic carbocycles. The molecule has 0 saturated heterocycles. The van der Waals surface area contributed by atoms with Crippen LogP contribution >= 0.6 is 12.4 Å². The fourth-order valence-corrected chi connectivity index (χ4v) is 2.37. The summed E-state index contributed by atoms with van der Waals surface area (Å²) in [4.78, 5) is 0. The Kier molecular flexibility index (Phi) is 17.8. The smallest absolute Gasteiger partial charge is 0.168 e. The van der Waals surface area contributed by atoms with E-state index in [0.29, 0.717) is 0 Å². The summed E-state index contributed by atoms with van der Waals surface area (Å²) < 4.78 is 2.28. The lowest BCUT2D eigenvalue weighted by molar-refractivity contribution is -0.697. The Morgan fingerprint density at radius 3 is 1.60 bits per heavy atom. The van der Waals surface area contributed by atoms with Crippen LogP contribution in [0.25, 0.3) is 0 Å². The Bertz CT molecular complexity index is 280. The van der Waals surface area contributed by atoms with Crippen LogP contribution in [0.15, 0.2) is 30.6 Å². The predicted octanol–water partition coefficient (Wildman–Crippen LogP) is 4.49. The molecule has 1 rings (SSSR count). The van der Waals surface area contributed by atoms with Gasteiger partial charge < -0.3 is 5.48 Å². The lowest BCUT2D eigenvalue weighted by Crippen LogP contribution is -2.32. The molecule has 0 aliphatic carbocycles. The maximum Gasteiger partial charge on any atom is 0.168 e. The molecule has 0 unspecified atom stereocenters. The van der Waals surface area contributed by atoms with Crippen LogP contribution < -0.4 is 4.57 Å². The summed E-state index contributed by atoms with van der Waals surface area (Å²) in [6.07, 6.45) is 18.5. The summed E-state index contributed by atoms with van der Waals surface area (Å²) in [5.74, 6) is 0. The van der Waals surface area contributed by atoms with Gasteiger partial charge in [0, 0.05) is 18.6 Å². The van der Waals surface area contributed by atoms with E-state index in [4.69, 9.17) is 0 Å². The Morgan fingerprint density at radius 2 is 1.10 bits per heavy atom. The molecule has 0 atom stereocenters. The van der Waals surface area contributed by atoms with Crippen molar-refractivity contribution in [1.82, 2.24) is 0 Å². The van der Waals surface area contributed by atoms with Crippen LogP contribution in [-0.4, -0.2) is 5.48 Å². The average Bonchev–Trinajstić information content (AvgIpc) is 2.42. The van der Waals surface area contributed by atoms with E-state index in [2.05, 4.69) is 42.1 Å². The molecule has 0 saturated carbocycles. The van der Waals surface area contributed by atoms with Gasteiger partial charge >= 0.3 is 0 Å². The molecule has 0 aliphatic rings. The average molecular weight is 303 g/mol. The van der Waals surface area contributed by atoms with Gasteiger partial charge in [0.2, 0.25) is 0 Å². The van der Waals surface area contributed by atoms with E-state index < -0.39 is 0 Å². The molecule has 0 fully saturated rings. The van der Waals surface area contributed by atoms with Crippen molar-refractivity contribution in [3.8, 4) is 0 Å². The number of aryl methyl sites for hydroxylation is 1. The van der Waals surface area contributed by atoms with Gasteiger partial charge in [-0.05, 0) is 6.42 Å². The van der Waals surface area contributed by atoms with E-state index in [0.717, 1.165) is 0 Å². The monoisotopic (exact) mass is 302 g/mol. The van der Waals surface area contributed by atoms with Gasteiger partial charge in [-0.15, -0.1) is 12.4 Å². The zero-order valence-electron chi connectivity index (χ0n) is 13.0. The molecular weight excluding hydrogens is 270 g/mol. The second-order valence-corrected chi connectivity index (χ2v) is 5.30. The van der Waals surface area contributed by atoms with Gasteiger partial charge in [0.05, 0.1) is 0 Å². The lowest BCUT2D eigenvalue weighted by Gasteiger charge is -2.01. The minimum atomic E-state index is 0. The van der Waals surface area contributed by atoms with E-state index in [9.17, 15) is 0 Å². The van der Waals surface area contributed by atoms with E-state index >= 15 is 0 Å². The molecule has 0 aliphatic heterocycles. The predicted molar refractivity (Wildman–Crippen MR) is 89.3 cm³/mol. The number of aromatic nitrogens is 1. The molecule has 2 nitrogen and oxygen atoms in total. The number of nitrogens with zero attached hydrogens (tertiary/aromatic N) is 1. The molecule has 118 valence electrons. The fourth-order valence-electron chi connectivity index (χ4n) is 2.37. The topological polar surface area (TPSA) is 35.4 Å². The van der Waals surface area contributed by atoms with Crippen LogP contribution in [-0.2, 0) is 6.54 Å². The van der Waals surface area contributed by atoms with Gasteiger partial charge in [0.25, 0.3) is 0 Å². The first-order chi connectivity index (χ1) is 8.93. The quantitative estimate of drug-likeness (QED) is 0.426. The van der Waals surface area contributed by atoms with Crippen molar-refractivity contribution >= 4 is 12.4 Å². The van der Waals surface area contributed by atoms with Gasteiger partial charge in [0.15, 0.2) is 12.4 Å². The first-order valence-corrected chi connectivity index (χ1v) is 7.87. The zero-order chi connectivity index (χ0) is 12.9. The van der Waals surface area contributed by atoms with E-state index in [1.54, 1.807) is 0 Å². The minimum Gasteiger partial charge on any atom is -0.412 e. The van der Waals surface area contributed by atoms with Crippen molar-refractivity contribution in [3.05, 3.63) is 30.6 Å². The van der Waals surface area contributed by atoms with Gasteiger partial charge in [-0.2, -0.15) is 0 Å². The first kappa shape index (κ1) is 21.7. The molecule has 0 amide bonds. The van der Waals surface area contributed by atoms with Crippen LogP contribution in [0.1, 0.15) is 71.1 Å². The van der Waals surface area contributed by atoms with Crippen LogP contribution in [0, 0.1) is 0 Å². The van der Waals surface area contributed by atoms with Crippen LogP contribution in [0.4, 0.5) is 0 Å². The standard InChI is InChI=1S/C17H30N.ClH.H2O/c1-2-3-4-5-6-7-8-9-10-12-15-18-16-13-11-14-17-18;;/h11,13-14,16-17H,2-10,12,15H2,1H3;1H;1H2/q+1;;. The molecular formula is C17H33ClNO+. The van der Waals surface area contributed by atoms with E-state index in [1.807, 2.05) is 0 Å². The Hall–Kier alpha value is -0.600. The van der Waals surface area contributed by atoms with Gasteiger partial charge in [-0.1, -0.05) is 64.4 Å². The normalized spacial score (nSPS) is 9.65. The van der Waals surface area contributed by atoms with Crippen LogP contribution in [0.2, 0.25) is 0 Å². The Balaban J connectivity index is 0. The molecule has 1 heterocycles. The summed E-state index contributed by atoms with van der Waals surface area (Å²) in [5, 5.41) is 0. The molecule has 0 spiro atoms. The molecule has 1 aromatic heterocycles. The number of unbranched alkanes of at least 4 members (excludes halogenated alkanes) is 9. The molecule has 2 N–H and O–H groups in total. The maximum absolute atomic E-state index is 2.28. The zero-order valence-corrected chi connectivity index (χ0v) is 13.8. The summed E-state index contributed by atoms with van der Waals surface area (Å²) in [6, 6.07) is 6.29. The highest BCUT2D eigenvalue weighted by molar-refractivity contribution is 5.85. The van der Waals surface area contributed by atoms with Gasteiger partial charge in [-0.25, -0.2) is 4.57 Å². The van der Waals surface area contributed by atoms with Crippen molar-refractivity contribution < 1.29 is 10.0 Å². The van der Waals surface area contributed by atoms with E-state index in [-0.39, 0.29) is 17.9 Å². The second-order valence-electron chi connectivity index (χ2n) is 5.30. The van der Waals surface area contributed by atoms with Gasteiger partial charge in [-0.3, -0.25) is 0 Å². The van der Waals surface area contributed by atoms with Crippen LogP contribution in [0.3, 0.4) is 0 Å². The highest BCUT2D eigenvalue weighted by Gasteiger charge is 1.97. The molecule has 0 bridgehead atoms. The van der Waals surface area contributed by atoms with Crippen LogP contribution in [0.5, 0.6) is 0 Å². The summed E-state index contributed by atoms with van der Waals surface area (Å²) in [7, 11) is 0. The summed E-state index contributed by atoms with van der Waals surface area (Å²) in [6.45, 7) is 3.46. The number of pyridine rings is 1. The molecule has 3 heteroatoms. The SMILES string of the molecule is CCCCCCCCCCCC[n+]1ccccc1.Cl.O. The minimum absolute atomic E-state index is 0. The molecule has 0 radical (unpaired) electrons. The van der Waals surface area contributed by atoms with Crippen molar-refractivity contribution in [2.24, 2.45) is 0 Å². The van der Waals surface area contributed by atoms with Crippen molar-refractivity contribution in [3.63, 3.8) is 0 Å². The number of halogens is 1. The van der Waals surface area contributed by atoms with Gasteiger partial charge in [0.1, 0.15) is 6.54 Å². The van der Waals surface area contributed by atoms with Crippen molar-refractivity contribution in [2.45, 2.75) is 77.7 Å². The molecule has 1 aromatic rings. The third-order valence-corrected chi connectivity index (χ3v) is 3.55. The first-order valence-electron chi connectivity index (χ1n) is 7.87. The van der Waals surface area contributed by atoms with Crippen molar-refractivity contribution in [2.75, 3.05) is 0 Å². The largest absolute Gasteiger partial charge is 0.412 e. The lowest BCUT2D eigenvalue weighted by atomic mass is 10.1. The Morgan fingerprint density at radius 1 is 0.650 bits per heavy atom. The molecule has 20 heavy (non-hydrogen) atoms. The highest BCUT2D eigenvalue weighted by atomic mass is 35.5. The number of hydrogen-bond donors (Lipinski definition) is 0. The third-order valence-electron chi connectivity index (χ3n) is 3.55.